The van der Waals surface area contributed by atoms with E-state index in [0.717, 1.165) is 17.0 Å². The molecule has 1 atom stereocenters. The van der Waals surface area contributed by atoms with Gasteiger partial charge in [-0.3, -0.25) is 0 Å². The molecule has 0 bridgehead atoms. The molecule has 0 aromatic heterocycles. The van der Waals surface area contributed by atoms with Crippen LogP contribution in [0.1, 0.15) is 17.5 Å². The third-order valence-electron chi connectivity index (χ3n) is 3.11. The zero-order valence-corrected chi connectivity index (χ0v) is 10.6. The quantitative estimate of drug-likeness (QED) is 0.666. The van der Waals surface area contributed by atoms with Gasteiger partial charge in [0.15, 0.2) is 0 Å². The third kappa shape index (κ3) is 2.41. The van der Waals surface area contributed by atoms with E-state index in [9.17, 15) is 0 Å². The van der Waals surface area contributed by atoms with Gasteiger partial charge < -0.3 is 0 Å². The van der Waals surface area contributed by atoms with Crippen LogP contribution in [0, 0.1) is 6.92 Å². The van der Waals surface area contributed by atoms with Crippen molar-refractivity contribution in [2.45, 2.75) is 26.0 Å². The van der Waals surface area contributed by atoms with Crippen LogP contribution < -0.4 is 0 Å². The summed E-state index contributed by atoms with van der Waals surface area (Å²) in [5, 5.41) is 0.854. The van der Waals surface area contributed by atoms with Crippen LogP contribution in [0.3, 0.4) is 0 Å². The minimum absolute atomic E-state index is 0.664. The van der Waals surface area contributed by atoms with Gasteiger partial charge in [-0.15, -0.1) is 0 Å². The van der Waals surface area contributed by atoms with Crippen molar-refractivity contribution in [3.8, 4) is 0 Å². The average Bonchev–Trinajstić information content (AvgIpc) is 2.29. The Labute approximate surface area is 103 Å². The third-order valence-corrected chi connectivity index (χ3v) is 3.42. The van der Waals surface area contributed by atoms with Gasteiger partial charge in [-0.2, -0.15) is 0 Å². The van der Waals surface area contributed by atoms with Crippen molar-refractivity contribution >= 4 is 24.5 Å². The fraction of sp³-hybridized carbons (Fsp3) is 0.286. The number of benzene rings is 1. The van der Waals surface area contributed by atoms with Crippen molar-refractivity contribution in [3.05, 3.63) is 52.6 Å². The number of halogens is 1. The fourth-order valence-corrected chi connectivity index (χ4v) is 2.41. The molecule has 2 rings (SSSR count). The molecule has 1 aliphatic carbocycles. The predicted molar refractivity (Wildman–Crippen MR) is 74.7 cm³/mol. The predicted octanol–water partition coefficient (Wildman–Crippen LogP) is 4.26. The monoisotopic (exact) mass is 230 g/mol. The van der Waals surface area contributed by atoms with Gasteiger partial charge in [0.25, 0.3) is 0 Å². The molecular formula is C14H16BCl. The first-order valence-corrected chi connectivity index (χ1v) is 6.23. The number of rotatable bonds is 2. The molecule has 0 radical (unpaired) electrons. The van der Waals surface area contributed by atoms with Crippen LogP contribution >= 0.6 is 11.6 Å². The van der Waals surface area contributed by atoms with Gasteiger partial charge in [-0.25, -0.2) is 0 Å². The zero-order valence-electron chi connectivity index (χ0n) is 9.83. The molecule has 0 spiro atoms. The minimum Gasteiger partial charge on any atom is -0.0888 e. The van der Waals surface area contributed by atoms with E-state index in [0.29, 0.717) is 5.82 Å². The molecule has 82 valence electrons. The van der Waals surface area contributed by atoms with Gasteiger partial charge in [-0.05, 0) is 41.9 Å². The first kappa shape index (κ1) is 11.5. The molecule has 0 fully saturated rings. The van der Waals surface area contributed by atoms with Crippen LogP contribution in [0.2, 0.25) is 17.7 Å². The molecule has 0 heterocycles. The van der Waals surface area contributed by atoms with E-state index in [1.165, 1.54) is 18.4 Å². The Morgan fingerprint density at radius 1 is 1.38 bits per heavy atom. The lowest BCUT2D eigenvalue weighted by Gasteiger charge is -2.15. The van der Waals surface area contributed by atoms with Gasteiger partial charge in [0.05, 0.1) is 0 Å². The van der Waals surface area contributed by atoms with E-state index in [-0.39, 0.29) is 0 Å². The summed E-state index contributed by atoms with van der Waals surface area (Å²) >= 11 is 6.28. The van der Waals surface area contributed by atoms with Gasteiger partial charge >= 0.3 is 0 Å². The molecule has 0 nitrogen and oxygen atoms in total. The van der Waals surface area contributed by atoms with E-state index < -0.39 is 0 Å². The summed E-state index contributed by atoms with van der Waals surface area (Å²) in [6.07, 6.45) is 7.93. The topological polar surface area (TPSA) is 0 Å². The highest BCUT2D eigenvalue weighted by Crippen LogP contribution is 2.31. The van der Waals surface area contributed by atoms with Crippen LogP contribution in [0.5, 0.6) is 0 Å². The standard InChI is InChI=1S/C14H16BCl/c1-10-6-7-13(14(16)8-10)11-4-3-5-12(9-11)15-2/h3-4,6-9,12,15H,5H2,1-2H3. The second-order valence-corrected chi connectivity index (χ2v) is 4.82. The van der Waals surface area contributed by atoms with Crippen LogP contribution in [-0.2, 0) is 0 Å². The Morgan fingerprint density at radius 3 is 2.88 bits per heavy atom. The first-order valence-electron chi connectivity index (χ1n) is 5.85. The normalized spacial score (nSPS) is 19.4. The van der Waals surface area contributed by atoms with E-state index in [2.05, 4.69) is 44.1 Å². The maximum absolute atomic E-state index is 6.28. The molecule has 16 heavy (non-hydrogen) atoms. The fourth-order valence-electron chi connectivity index (χ4n) is 2.07. The average molecular weight is 231 g/mol. The molecule has 0 saturated heterocycles. The van der Waals surface area contributed by atoms with Crippen LogP contribution in [0.4, 0.5) is 0 Å². The Hall–Kier alpha value is -0.945. The van der Waals surface area contributed by atoms with Gasteiger partial charge in [0.1, 0.15) is 7.28 Å². The van der Waals surface area contributed by atoms with Crippen molar-refractivity contribution in [1.29, 1.82) is 0 Å². The lowest BCUT2D eigenvalue weighted by molar-refractivity contribution is 1.02. The molecule has 1 aliphatic rings. The van der Waals surface area contributed by atoms with Gasteiger partial charge in [0.2, 0.25) is 0 Å². The summed E-state index contributed by atoms with van der Waals surface area (Å²) < 4.78 is 0. The van der Waals surface area contributed by atoms with Crippen molar-refractivity contribution in [1.82, 2.24) is 0 Å². The molecule has 0 N–H and O–H groups in total. The van der Waals surface area contributed by atoms with E-state index in [1.54, 1.807) is 0 Å². The molecule has 1 aromatic rings. The minimum atomic E-state index is 0.664. The summed E-state index contributed by atoms with van der Waals surface area (Å²) in [6.45, 7) is 4.30. The lowest BCUT2D eigenvalue weighted by Crippen LogP contribution is -2.00. The second kappa shape index (κ2) is 4.92. The Bertz CT molecular complexity index is 446. The van der Waals surface area contributed by atoms with Gasteiger partial charge in [0, 0.05) is 5.02 Å². The summed E-state index contributed by atoms with van der Waals surface area (Å²) in [7, 11) is 1.19. The smallest absolute Gasteiger partial charge is 0.0888 e. The Morgan fingerprint density at radius 2 is 2.19 bits per heavy atom. The molecular weight excluding hydrogens is 214 g/mol. The number of aryl methyl sites for hydroxylation is 1. The lowest BCUT2D eigenvalue weighted by atomic mass is 9.63. The van der Waals surface area contributed by atoms with E-state index in [1.807, 2.05) is 6.07 Å². The van der Waals surface area contributed by atoms with Crippen molar-refractivity contribution < 1.29 is 0 Å². The van der Waals surface area contributed by atoms with Crippen molar-refractivity contribution in [2.24, 2.45) is 0 Å². The number of hydrogen-bond donors (Lipinski definition) is 0. The first-order chi connectivity index (χ1) is 7.70. The Kier molecular flexibility index (Phi) is 3.55. The molecule has 0 amide bonds. The van der Waals surface area contributed by atoms with Crippen molar-refractivity contribution in [3.63, 3.8) is 0 Å². The molecule has 0 aliphatic heterocycles. The molecule has 1 unspecified atom stereocenters. The highest BCUT2D eigenvalue weighted by molar-refractivity contribution is 6.37. The maximum Gasteiger partial charge on any atom is 0.126 e. The molecule has 0 saturated carbocycles. The van der Waals surface area contributed by atoms with Crippen LogP contribution in [-0.4, -0.2) is 7.28 Å². The zero-order chi connectivity index (χ0) is 11.5. The highest BCUT2D eigenvalue weighted by Gasteiger charge is 2.11. The van der Waals surface area contributed by atoms with Crippen LogP contribution in [0.25, 0.3) is 5.57 Å². The molecule has 2 heteroatoms. The SMILES string of the molecule is CBC1C=C(c2ccc(C)cc2Cl)C=CC1. The summed E-state index contributed by atoms with van der Waals surface area (Å²) in [6, 6.07) is 6.26. The summed E-state index contributed by atoms with van der Waals surface area (Å²) in [4.78, 5) is 0. The van der Waals surface area contributed by atoms with Crippen LogP contribution in [0.15, 0.2) is 36.4 Å². The van der Waals surface area contributed by atoms with E-state index >= 15 is 0 Å². The summed E-state index contributed by atoms with van der Waals surface area (Å²) in [5.74, 6) is 0.664. The van der Waals surface area contributed by atoms with E-state index in [4.69, 9.17) is 11.6 Å². The van der Waals surface area contributed by atoms with Gasteiger partial charge in [-0.1, -0.05) is 48.8 Å². The number of hydrogen-bond acceptors (Lipinski definition) is 0. The highest BCUT2D eigenvalue weighted by atomic mass is 35.5. The summed E-state index contributed by atoms with van der Waals surface area (Å²) in [5.41, 5.74) is 3.63. The maximum atomic E-state index is 6.28. The molecule has 1 aromatic carbocycles. The Balaban J connectivity index is 2.37. The number of allylic oxidation sites excluding steroid dienone is 4. The van der Waals surface area contributed by atoms with Crippen molar-refractivity contribution in [2.75, 3.05) is 0 Å². The second-order valence-electron chi connectivity index (χ2n) is 4.41. The largest absolute Gasteiger partial charge is 0.126 e.